The van der Waals surface area contributed by atoms with Gasteiger partial charge in [-0.05, 0) is 36.8 Å². The van der Waals surface area contributed by atoms with E-state index in [1.165, 1.54) is 32.8 Å². The van der Waals surface area contributed by atoms with Crippen LogP contribution >= 0.6 is 0 Å². The van der Waals surface area contributed by atoms with Gasteiger partial charge >= 0.3 is 102 Å². The van der Waals surface area contributed by atoms with Gasteiger partial charge in [-0.2, -0.15) is 0 Å². The maximum absolute atomic E-state index is 11.3. The van der Waals surface area contributed by atoms with Crippen LogP contribution in [0, 0.1) is 0 Å². The van der Waals surface area contributed by atoms with Gasteiger partial charge in [0.05, 0.1) is 11.9 Å². The fraction of sp³-hybridized carbons (Fsp3) is 0.529. The minimum absolute atomic E-state index is 0.0564. The van der Waals surface area contributed by atoms with Crippen LogP contribution in [0.15, 0.2) is 71.8 Å². The molecule has 0 N–H and O–H groups in total. The summed E-state index contributed by atoms with van der Waals surface area (Å²) in [4.78, 5) is 22.7. The van der Waals surface area contributed by atoms with E-state index in [-0.39, 0.29) is 45.1 Å². The van der Waals surface area contributed by atoms with Gasteiger partial charge < -0.3 is 19.8 Å². The van der Waals surface area contributed by atoms with Gasteiger partial charge in [-0.15, -0.1) is 0 Å². The van der Waals surface area contributed by atoms with Gasteiger partial charge in [0.2, 0.25) is 0 Å². The topological polar surface area (TPSA) is 80.3 Å². The maximum atomic E-state index is 11.3. The van der Waals surface area contributed by atoms with Crippen LogP contribution in [0.4, 0.5) is 0 Å². The monoisotopic (exact) mass is 640 g/mol. The van der Waals surface area contributed by atoms with Crippen LogP contribution in [0.5, 0.6) is 0 Å². The number of carbonyl (C=O) groups is 2. The molecule has 0 aliphatic rings. The van der Waals surface area contributed by atoms with Crippen LogP contribution < -0.4 is 10.2 Å². The van der Waals surface area contributed by atoms with Crippen molar-refractivity contribution in [3.63, 3.8) is 0 Å². The molecule has 0 aliphatic heterocycles. The summed E-state index contributed by atoms with van der Waals surface area (Å²) < 4.78 is 2.69. The summed E-state index contributed by atoms with van der Waals surface area (Å²) in [6.07, 6.45) is 12.9. The minimum atomic E-state index is -1.35. The molecule has 0 fully saturated rings. The molecule has 0 saturated carbocycles. The van der Waals surface area contributed by atoms with Crippen LogP contribution in [0.25, 0.3) is 0 Å². The number of rotatable bonds is 20. The summed E-state index contributed by atoms with van der Waals surface area (Å²) in [7, 11) is 0. The number of unbranched alkanes of at least 4 members (excludes halogenated alkanes) is 10. The Morgan fingerprint density at radius 1 is 0.538 bits per heavy atom. The first-order chi connectivity index (χ1) is 19.0. The molecule has 2 aromatic carbocycles. The number of carboxylic acids is 2. The molecule has 0 atom stereocenters. The molecular weight excluding hydrogens is 591 g/mol. The zero-order valence-corrected chi connectivity index (χ0v) is 27.1. The van der Waals surface area contributed by atoms with Crippen LogP contribution in [0.3, 0.4) is 0 Å². The van der Waals surface area contributed by atoms with Crippen LogP contribution in [0.1, 0.15) is 115 Å². The Morgan fingerprint density at radius 3 is 1.21 bits per heavy atom. The zero-order valence-electron chi connectivity index (χ0n) is 24.2. The van der Waals surface area contributed by atoms with Crippen molar-refractivity contribution in [2.45, 2.75) is 113 Å². The van der Waals surface area contributed by atoms with Gasteiger partial charge in [0.1, 0.15) is 0 Å². The summed E-state index contributed by atoms with van der Waals surface area (Å²) in [5.74, 6) is -2.71. The Kier molecular flexibility index (Phi) is 21.3. The van der Waals surface area contributed by atoms with Gasteiger partial charge in [-0.25, -0.2) is 0 Å². The normalized spacial score (nSPS) is 11.1. The average molecular weight is 639 g/mol. The second kappa shape index (κ2) is 23.8. The van der Waals surface area contributed by atoms with E-state index in [2.05, 4.69) is 74.5 Å². The standard InChI is InChI=1S/C20H36O4.2C7H7.Sn/c1-3-5-7-9-11-13-15-17(19(21)22)18(20(23)24)16-14-12-10-8-6-4-2;2*1-7-5-3-2-4-6-7;/h3-16H2,1-2H3,(H,21,22)(H,23,24);2*2-6H,1H2;/q;;;+2/p-2/b18-17-;;;. The fourth-order valence-electron chi connectivity index (χ4n) is 4.46. The zero-order chi connectivity index (χ0) is 28.6. The molecule has 2 aromatic rings. The molecule has 0 aromatic heterocycles. The van der Waals surface area contributed by atoms with E-state index in [1.807, 2.05) is 0 Å². The Morgan fingerprint density at radius 2 is 0.872 bits per heavy atom. The van der Waals surface area contributed by atoms with Crippen molar-refractivity contribution in [1.29, 1.82) is 0 Å². The second-order valence-electron chi connectivity index (χ2n) is 10.1. The quantitative estimate of drug-likeness (QED) is 0.0958. The number of carbonyl (C=O) groups excluding carboxylic acids is 2. The SMILES string of the molecule is CCCCCCCC/C(C(=O)[O-])=C(\CCCCCCCC)C(=O)[O-].c1ccc([CH2][Sn+2][CH2]c2ccccc2)cc1. The molecule has 0 spiro atoms. The Balaban J connectivity index is 0.000000429. The summed E-state index contributed by atoms with van der Waals surface area (Å²) in [5.41, 5.74) is 2.91. The van der Waals surface area contributed by atoms with E-state index in [1.54, 1.807) is 0 Å². The summed E-state index contributed by atoms with van der Waals surface area (Å²) in [5, 5.41) is 22.7. The van der Waals surface area contributed by atoms with E-state index < -0.39 is 11.9 Å². The fourth-order valence-corrected chi connectivity index (χ4v) is 7.81. The van der Waals surface area contributed by atoms with E-state index in [0.29, 0.717) is 12.8 Å². The van der Waals surface area contributed by atoms with Gasteiger partial charge in [-0.1, -0.05) is 78.1 Å². The average Bonchev–Trinajstić information content (AvgIpc) is 2.94. The molecule has 0 radical (unpaired) electrons. The second-order valence-corrected chi connectivity index (χ2v) is 13.6. The summed E-state index contributed by atoms with van der Waals surface area (Å²) in [6, 6.07) is 21.7. The molecule has 4 nitrogen and oxygen atoms in total. The van der Waals surface area contributed by atoms with Crippen LogP contribution in [-0.4, -0.2) is 33.1 Å². The van der Waals surface area contributed by atoms with Crippen molar-refractivity contribution in [3.8, 4) is 0 Å². The number of aliphatic carboxylic acids is 2. The summed E-state index contributed by atoms with van der Waals surface area (Å²) >= 11 is -0.258. The van der Waals surface area contributed by atoms with Crippen molar-refractivity contribution in [2.24, 2.45) is 0 Å². The number of benzene rings is 2. The molecule has 0 heterocycles. The molecule has 212 valence electrons. The van der Waals surface area contributed by atoms with Crippen molar-refractivity contribution in [3.05, 3.63) is 82.9 Å². The first-order valence-electron chi connectivity index (χ1n) is 14.9. The van der Waals surface area contributed by atoms with Crippen LogP contribution in [0.2, 0.25) is 0 Å². The Bertz CT molecular complexity index is 849. The van der Waals surface area contributed by atoms with Crippen molar-refractivity contribution < 1.29 is 19.8 Å². The third-order valence-corrected chi connectivity index (χ3v) is 10.5. The number of hydrogen-bond acceptors (Lipinski definition) is 4. The number of carboxylic acid groups (broad SMARTS) is 2. The predicted octanol–water partition coefficient (Wildman–Crippen LogP) is 6.38. The molecule has 0 saturated heterocycles. The van der Waals surface area contributed by atoms with E-state index in [9.17, 15) is 19.8 Å². The summed E-state index contributed by atoms with van der Waals surface area (Å²) in [6.45, 7) is 4.29. The van der Waals surface area contributed by atoms with Crippen molar-refractivity contribution in [1.82, 2.24) is 0 Å². The van der Waals surface area contributed by atoms with Crippen molar-refractivity contribution in [2.75, 3.05) is 0 Å². The molecule has 0 aliphatic carbocycles. The first kappa shape index (κ1) is 34.9. The van der Waals surface area contributed by atoms with Crippen molar-refractivity contribution >= 4 is 33.1 Å². The first-order valence-corrected chi connectivity index (χ1v) is 19.0. The molecule has 2 rings (SSSR count). The third-order valence-electron chi connectivity index (χ3n) is 6.76. The van der Waals surface area contributed by atoms with Crippen LogP contribution in [-0.2, 0) is 18.5 Å². The molecular formula is C34H48O4Sn. The van der Waals surface area contributed by atoms with Gasteiger partial charge in [0.25, 0.3) is 0 Å². The van der Waals surface area contributed by atoms with E-state index in [4.69, 9.17) is 0 Å². The predicted molar refractivity (Wildman–Crippen MR) is 159 cm³/mol. The molecule has 0 unspecified atom stereocenters. The van der Waals surface area contributed by atoms with E-state index >= 15 is 0 Å². The van der Waals surface area contributed by atoms with E-state index in [0.717, 1.165) is 51.4 Å². The molecule has 39 heavy (non-hydrogen) atoms. The molecule has 5 heteroatoms. The van der Waals surface area contributed by atoms with Gasteiger partial charge in [-0.3, -0.25) is 0 Å². The van der Waals surface area contributed by atoms with Gasteiger partial charge in [0, 0.05) is 0 Å². The Labute approximate surface area is 247 Å². The Hall–Kier alpha value is -2.08. The molecule has 0 bridgehead atoms. The molecule has 0 amide bonds. The number of hydrogen-bond donors (Lipinski definition) is 0. The third kappa shape index (κ3) is 18.0. The van der Waals surface area contributed by atoms with Gasteiger partial charge in [0.15, 0.2) is 0 Å².